The molecule has 5 heteroatoms. The molecule has 4 aliphatic heterocycles. The lowest BCUT2D eigenvalue weighted by Crippen LogP contribution is -2.64. The lowest BCUT2D eigenvalue weighted by molar-refractivity contribution is 0.164. The number of hydrogen-bond donors (Lipinski definition) is 2. The summed E-state index contributed by atoms with van der Waals surface area (Å²) in [7, 11) is 0. The van der Waals surface area contributed by atoms with Crippen LogP contribution in [0.25, 0.3) is 0 Å². The normalized spacial score (nSPS) is 41.0. The van der Waals surface area contributed by atoms with Gasteiger partial charge in [-0.05, 0) is 17.7 Å². The molecule has 5 nitrogen and oxygen atoms in total. The zero-order valence-electron chi connectivity index (χ0n) is 11.6. The monoisotopic (exact) mass is 271 g/mol. The standard InChI is InChI=1S/C15H21N5/c16-13-3-1-12(2-4-13)15-9-19-5-6-20(10-15)8-11(7-19)14(15)18-17/h1-4,11H,5-10,16-17H2. The van der Waals surface area contributed by atoms with Crippen molar-refractivity contribution in [2.45, 2.75) is 5.41 Å². The van der Waals surface area contributed by atoms with Gasteiger partial charge in [-0.2, -0.15) is 5.10 Å². The number of nitrogen functional groups attached to an aromatic ring is 1. The molecule has 0 saturated carbocycles. The summed E-state index contributed by atoms with van der Waals surface area (Å²) in [6.45, 7) is 6.57. The van der Waals surface area contributed by atoms with Gasteiger partial charge in [-0.25, -0.2) is 0 Å². The second kappa shape index (κ2) is 4.20. The minimum Gasteiger partial charge on any atom is -0.399 e. The van der Waals surface area contributed by atoms with Crippen LogP contribution in [0, 0.1) is 5.92 Å². The minimum atomic E-state index is -0.0416. The van der Waals surface area contributed by atoms with Crippen molar-refractivity contribution < 1.29 is 0 Å². The molecule has 0 radical (unpaired) electrons. The summed E-state index contributed by atoms with van der Waals surface area (Å²) in [5.74, 6) is 6.26. The predicted molar refractivity (Wildman–Crippen MR) is 80.5 cm³/mol. The van der Waals surface area contributed by atoms with Gasteiger partial charge < -0.3 is 21.4 Å². The molecule has 2 unspecified atom stereocenters. The molecule has 0 aromatic heterocycles. The highest BCUT2D eigenvalue weighted by molar-refractivity contribution is 5.99. The van der Waals surface area contributed by atoms with E-state index in [0.29, 0.717) is 5.92 Å². The maximum Gasteiger partial charge on any atom is 0.0611 e. The molecule has 1 aromatic carbocycles. The average Bonchev–Trinajstić information content (AvgIpc) is 2.68. The Hall–Kier alpha value is -1.59. The first-order chi connectivity index (χ1) is 9.71. The van der Waals surface area contributed by atoms with Crippen molar-refractivity contribution in [1.29, 1.82) is 0 Å². The van der Waals surface area contributed by atoms with Crippen LogP contribution in [0.3, 0.4) is 0 Å². The maximum atomic E-state index is 5.84. The van der Waals surface area contributed by atoms with E-state index in [1.54, 1.807) is 0 Å². The highest BCUT2D eigenvalue weighted by atomic mass is 15.3. The van der Waals surface area contributed by atoms with E-state index in [-0.39, 0.29) is 5.41 Å². The van der Waals surface area contributed by atoms with Crippen LogP contribution in [0.4, 0.5) is 5.69 Å². The van der Waals surface area contributed by atoms with Gasteiger partial charge in [0.2, 0.25) is 0 Å². The highest BCUT2D eigenvalue weighted by Gasteiger charge is 2.53. The Kier molecular flexibility index (Phi) is 2.56. The van der Waals surface area contributed by atoms with E-state index in [1.807, 2.05) is 12.1 Å². The van der Waals surface area contributed by atoms with Gasteiger partial charge in [0, 0.05) is 50.9 Å². The van der Waals surface area contributed by atoms with Crippen LogP contribution in [-0.2, 0) is 5.41 Å². The van der Waals surface area contributed by atoms with Gasteiger partial charge in [0.15, 0.2) is 0 Å². The van der Waals surface area contributed by atoms with Crippen molar-refractivity contribution in [2.75, 3.05) is 45.0 Å². The van der Waals surface area contributed by atoms with Gasteiger partial charge in [-0.15, -0.1) is 0 Å². The number of fused-ring (bicyclic) bond motifs is 1. The molecule has 4 fully saturated rings. The van der Waals surface area contributed by atoms with E-state index < -0.39 is 0 Å². The Morgan fingerprint density at radius 2 is 1.65 bits per heavy atom. The summed E-state index contributed by atoms with van der Waals surface area (Å²) in [5.41, 5.74) is 9.10. The molecule has 5 rings (SSSR count). The van der Waals surface area contributed by atoms with Crippen molar-refractivity contribution >= 4 is 11.4 Å². The number of rotatable bonds is 1. The first kappa shape index (κ1) is 12.2. The molecular formula is C15H21N5. The fraction of sp³-hybridized carbons (Fsp3) is 0.533. The van der Waals surface area contributed by atoms with E-state index >= 15 is 0 Å². The van der Waals surface area contributed by atoms with Crippen molar-refractivity contribution in [3.8, 4) is 0 Å². The van der Waals surface area contributed by atoms with Gasteiger partial charge in [-0.1, -0.05) is 12.1 Å². The number of hydrogen-bond acceptors (Lipinski definition) is 5. The quantitative estimate of drug-likeness (QED) is 0.431. The molecule has 4 aliphatic rings. The molecule has 20 heavy (non-hydrogen) atoms. The van der Waals surface area contributed by atoms with Crippen LogP contribution in [-0.4, -0.2) is 54.8 Å². The van der Waals surface area contributed by atoms with Gasteiger partial charge in [0.25, 0.3) is 0 Å². The largest absolute Gasteiger partial charge is 0.399 e. The van der Waals surface area contributed by atoms with Crippen LogP contribution in [0.1, 0.15) is 5.56 Å². The first-order valence-corrected chi connectivity index (χ1v) is 7.30. The van der Waals surface area contributed by atoms with Crippen LogP contribution in [0.2, 0.25) is 0 Å². The number of anilines is 1. The molecule has 0 aliphatic carbocycles. The van der Waals surface area contributed by atoms with Crippen molar-refractivity contribution in [3.63, 3.8) is 0 Å². The zero-order valence-corrected chi connectivity index (χ0v) is 11.6. The molecule has 4 saturated heterocycles. The fourth-order valence-corrected chi connectivity index (χ4v) is 4.33. The van der Waals surface area contributed by atoms with Crippen LogP contribution < -0.4 is 11.6 Å². The first-order valence-electron chi connectivity index (χ1n) is 7.30. The molecule has 106 valence electrons. The third-order valence-corrected chi connectivity index (χ3v) is 5.16. The van der Waals surface area contributed by atoms with E-state index in [4.69, 9.17) is 11.6 Å². The van der Waals surface area contributed by atoms with Gasteiger partial charge in [0.05, 0.1) is 11.1 Å². The molecule has 2 atom stereocenters. The van der Waals surface area contributed by atoms with Gasteiger partial charge in [0.1, 0.15) is 0 Å². The van der Waals surface area contributed by atoms with Crippen LogP contribution in [0.5, 0.6) is 0 Å². The van der Waals surface area contributed by atoms with Crippen molar-refractivity contribution in [1.82, 2.24) is 9.80 Å². The predicted octanol–water partition coefficient (Wildman–Crippen LogP) is 0.0823. The fourth-order valence-electron chi connectivity index (χ4n) is 4.33. The molecule has 0 amide bonds. The summed E-state index contributed by atoms with van der Waals surface area (Å²) >= 11 is 0. The highest BCUT2D eigenvalue weighted by Crippen LogP contribution is 2.41. The summed E-state index contributed by atoms with van der Waals surface area (Å²) in [6.07, 6.45) is 0. The van der Waals surface area contributed by atoms with E-state index in [2.05, 4.69) is 27.0 Å². The lowest BCUT2D eigenvalue weighted by atomic mass is 9.66. The third-order valence-electron chi connectivity index (χ3n) is 5.16. The molecule has 4 bridgehead atoms. The Morgan fingerprint density at radius 3 is 2.20 bits per heavy atom. The summed E-state index contributed by atoms with van der Waals surface area (Å²) < 4.78 is 0. The van der Waals surface area contributed by atoms with Crippen LogP contribution in [0.15, 0.2) is 29.4 Å². The van der Waals surface area contributed by atoms with Crippen LogP contribution >= 0.6 is 0 Å². The van der Waals surface area contributed by atoms with E-state index in [9.17, 15) is 0 Å². The summed E-state index contributed by atoms with van der Waals surface area (Å²) in [6, 6.07) is 8.28. The molecular weight excluding hydrogens is 250 g/mol. The summed E-state index contributed by atoms with van der Waals surface area (Å²) in [5, 5.41) is 4.23. The molecule has 4 heterocycles. The van der Waals surface area contributed by atoms with Gasteiger partial charge >= 0.3 is 0 Å². The zero-order chi connectivity index (χ0) is 13.7. The third kappa shape index (κ3) is 1.60. The topological polar surface area (TPSA) is 70.9 Å². The second-order valence-corrected chi connectivity index (χ2v) is 6.39. The van der Waals surface area contributed by atoms with Crippen molar-refractivity contribution in [2.24, 2.45) is 16.9 Å². The lowest BCUT2D eigenvalue weighted by Gasteiger charge is -2.50. The van der Waals surface area contributed by atoms with Crippen molar-refractivity contribution in [3.05, 3.63) is 29.8 Å². The average molecular weight is 271 g/mol. The van der Waals surface area contributed by atoms with Gasteiger partial charge in [-0.3, -0.25) is 0 Å². The Bertz CT molecular complexity index is 534. The smallest absolute Gasteiger partial charge is 0.0611 e. The second-order valence-electron chi connectivity index (χ2n) is 6.39. The minimum absolute atomic E-state index is 0.0416. The summed E-state index contributed by atoms with van der Waals surface area (Å²) in [4.78, 5) is 5.14. The Balaban J connectivity index is 1.86. The number of nitrogens with zero attached hydrogens (tertiary/aromatic N) is 3. The Morgan fingerprint density at radius 1 is 1.05 bits per heavy atom. The molecule has 1 aromatic rings. The Labute approximate surface area is 119 Å². The number of piperidine rings is 2. The number of benzene rings is 1. The SMILES string of the molecule is NN=C1C2CN3CCN(C2)CC1(c1ccc(N)cc1)C3. The number of hydrazone groups is 1. The van der Waals surface area contributed by atoms with E-state index in [0.717, 1.165) is 45.0 Å². The molecule has 0 spiro atoms. The molecule has 4 N–H and O–H groups in total. The van der Waals surface area contributed by atoms with E-state index in [1.165, 1.54) is 11.3 Å². The number of nitrogens with two attached hydrogens (primary N) is 2. The maximum absolute atomic E-state index is 5.84.